The molecule has 3 rings (SSSR count). The predicted octanol–water partition coefficient (Wildman–Crippen LogP) is 4.43. The highest BCUT2D eigenvalue weighted by molar-refractivity contribution is 6.76. The normalized spacial score (nSPS) is 21.2. The number of hydrogen-bond acceptors (Lipinski definition) is 4. The zero-order chi connectivity index (χ0) is 21.0. The first-order chi connectivity index (χ1) is 13.8. The number of aromatic nitrogens is 2. The van der Waals surface area contributed by atoms with E-state index < -0.39 is 14.2 Å². The number of alkyl halides is 1. The molecule has 0 spiro atoms. The minimum atomic E-state index is -1.10. The van der Waals surface area contributed by atoms with Crippen molar-refractivity contribution >= 4 is 19.0 Å². The number of hydrogen-bond donors (Lipinski definition) is 0. The maximum Gasteiger partial charge on any atom is 0.139 e. The second kappa shape index (κ2) is 9.68. The van der Waals surface area contributed by atoms with Crippen LogP contribution in [0.2, 0.25) is 25.7 Å². The third-order valence-electron chi connectivity index (χ3n) is 5.88. The van der Waals surface area contributed by atoms with Gasteiger partial charge in [-0.1, -0.05) is 19.6 Å². The molecule has 2 aromatic rings. The van der Waals surface area contributed by atoms with E-state index in [4.69, 9.17) is 9.47 Å². The van der Waals surface area contributed by atoms with Crippen molar-refractivity contribution in [3.63, 3.8) is 0 Å². The molecule has 5 nitrogen and oxygen atoms in total. The van der Waals surface area contributed by atoms with Crippen LogP contribution in [0.15, 0.2) is 18.3 Å². The standard InChI is InChI=1S/C22H36FN3O2Si/c1-17-12-18-14-24-26(16-28-10-11-29(3,4)5)22(18)13-20(17)19-6-7-25(8-9-27-2)15-21(19)23/h12-14,19,21H,6-11,15-16H2,1-5H3/t19-,21-/m1/s1. The average molecular weight is 422 g/mol. The predicted molar refractivity (Wildman–Crippen MR) is 119 cm³/mol. The Balaban J connectivity index is 1.71. The molecule has 1 aromatic heterocycles. The summed E-state index contributed by atoms with van der Waals surface area (Å²) in [5, 5.41) is 5.60. The summed E-state index contributed by atoms with van der Waals surface area (Å²) in [6.07, 6.45) is 1.85. The first-order valence-electron chi connectivity index (χ1n) is 10.7. The molecule has 1 fully saturated rings. The van der Waals surface area contributed by atoms with E-state index in [9.17, 15) is 0 Å². The Bertz CT molecular complexity index is 805. The smallest absolute Gasteiger partial charge is 0.139 e. The number of likely N-dealkylation sites (tertiary alicyclic amines) is 1. The summed E-state index contributed by atoms with van der Waals surface area (Å²) in [5.41, 5.74) is 3.29. The molecule has 0 N–H and O–H groups in total. The third-order valence-corrected chi connectivity index (χ3v) is 7.58. The van der Waals surface area contributed by atoms with E-state index in [2.05, 4.69) is 48.7 Å². The fraction of sp³-hybridized carbons (Fsp3) is 0.682. The van der Waals surface area contributed by atoms with Crippen LogP contribution in [0, 0.1) is 6.92 Å². The van der Waals surface area contributed by atoms with E-state index in [0.29, 0.717) is 19.9 Å². The van der Waals surface area contributed by atoms with Crippen molar-refractivity contribution in [3.8, 4) is 0 Å². The summed E-state index contributed by atoms with van der Waals surface area (Å²) in [6.45, 7) is 13.2. The maximum atomic E-state index is 15.1. The van der Waals surface area contributed by atoms with Crippen LogP contribution in [-0.4, -0.2) is 68.9 Å². The zero-order valence-corrected chi connectivity index (χ0v) is 19.6. The zero-order valence-electron chi connectivity index (χ0n) is 18.6. The van der Waals surface area contributed by atoms with Gasteiger partial charge in [0.25, 0.3) is 0 Å². The van der Waals surface area contributed by atoms with E-state index in [1.165, 1.54) is 0 Å². The van der Waals surface area contributed by atoms with Gasteiger partial charge in [-0.3, -0.25) is 4.90 Å². The third kappa shape index (κ3) is 5.87. The Kier molecular flexibility index (Phi) is 7.48. The van der Waals surface area contributed by atoms with Crippen molar-refractivity contribution in [1.29, 1.82) is 0 Å². The summed E-state index contributed by atoms with van der Waals surface area (Å²) < 4.78 is 28.0. The highest BCUT2D eigenvalue weighted by atomic mass is 28.3. The molecule has 1 saturated heterocycles. The van der Waals surface area contributed by atoms with Crippen LogP contribution in [0.1, 0.15) is 23.5 Å². The van der Waals surface area contributed by atoms with Crippen LogP contribution in [0.5, 0.6) is 0 Å². The summed E-state index contributed by atoms with van der Waals surface area (Å²) in [5.74, 6) is -0.0608. The minimum absolute atomic E-state index is 0.0608. The molecule has 7 heteroatoms. The largest absolute Gasteiger partial charge is 0.383 e. The highest BCUT2D eigenvalue weighted by Gasteiger charge is 2.31. The van der Waals surface area contributed by atoms with E-state index in [0.717, 1.165) is 54.2 Å². The van der Waals surface area contributed by atoms with E-state index in [1.54, 1.807) is 7.11 Å². The van der Waals surface area contributed by atoms with Crippen molar-refractivity contribution in [3.05, 3.63) is 29.5 Å². The van der Waals surface area contributed by atoms with Crippen LogP contribution in [-0.2, 0) is 16.2 Å². The molecule has 1 aliphatic rings. The number of methoxy groups -OCH3 is 1. The molecule has 1 aliphatic heterocycles. The van der Waals surface area contributed by atoms with Crippen molar-refractivity contribution in [2.45, 2.75) is 57.9 Å². The van der Waals surface area contributed by atoms with Gasteiger partial charge in [0, 0.05) is 46.2 Å². The van der Waals surface area contributed by atoms with Crippen LogP contribution < -0.4 is 0 Å². The van der Waals surface area contributed by atoms with Gasteiger partial charge in [-0.25, -0.2) is 9.07 Å². The number of fused-ring (bicyclic) bond motifs is 1. The van der Waals surface area contributed by atoms with E-state index in [-0.39, 0.29) is 5.92 Å². The summed E-state index contributed by atoms with van der Waals surface area (Å²) in [4.78, 5) is 2.16. The molecular weight excluding hydrogens is 385 g/mol. The second-order valence-corrected chi connectivity index (χ2v) is 15.1. The number of rotatable bonds is 9. The number of benzene rings is 1. The number of halogens is 1. The molecule has 0 radical (unpaired) electrons. The fourth-order valence-corrected chi connectivity index (χ4v) is 4.79. The van der Waals surface area contributed by atoms with Gasteiger partial charge in [-0.15, -0.1) is 0 Å². The Hall–Kier alpha value is -1.28. The number of nitrogens with zero attached hydrogens (tertiary/aromatic N) is 3. The first-order valence-corrected chi connectivity index (χ1v) is 14.4. The highest BCUT2D eigenvalue weighted by Crippen LogP contribution is 2.34. The van der Waals surface area contributed by atoms with Crippen molar-refractivity contribution < 1.29 is 13.9 Å². The van der Waals surface area contributed by atoms with Crippen molar-refractivity contribution in [2.75, 3.05) is 40.0 Å². The van der Waals surface area contributed by atoms with Crippen molar-refractivity contribution in [2.24, 2.45) is 0 Å². The summed E-state index contributed by atoms with van der Waals surface area (Å²) in [7, 11) is 0.589. The Morgan fingerprint density at radius 1 is 1.24 bits per heavy atom. The molecule has 2 heterocycles. The topological polar surface area (TPSA) is 39.5 Å². The Labute approximate surface area is 175 Å². The molecular formula is C22H36FN3O2Si. The quantitative estimate of drug-likeness (QED) is 0.444. The molecule has 1 aromatic carbocycles. The lowest BCUT2D eigenvalue weighted by molar-refractivity contribution is 0.0815. The van der Waals surface area contributed by atoms with E-state index >= 15 is 4.39 Å². The van der Waals surface area contributed by atoms with Gasteiger partial charge in [-0.2, -0.15) is 5.10 Å². The van der Waals surface area contributed by atoms with Crippen LogP contribution in [0.3, 0.4) is 0 Å². The maximum absolute atomic E-state index is 15.1. The molecule has 162 valence electrons. The molecule has 0 amide bonds. The lowest BCUT2D eigenvalue weighted by Crippen LogP contribution is -2.42. The lowest BCUT2D eigenvalue weighted by Gasteiger charge is -2.35. The van der Waals surface area contributed by atoms with Crippen molar-refractivity contribution in [1.82, 2.24) is 14.7 Å². The molecule has 0 saturated carbocycles. The average Bonchev–Trinajstić information content (AvgIpc) is 3.04. The SMILES string of the molecule is COCCN1CC[C@H](c2cc3c(cnn3COCC[Si](C)(C)C)cc2C)[C@H](F)C1. The Morgan fingerprint density at radius 2 is 2.03 bits per heavy atom. The van der Waals surface area contributed by atoms with E-state index in [1.807, 2.05) is 10.9 Å². The van der Waals surface area contributed by atoms with Crippen LogP contribution in [0.4, 0.5) is 4.39 Å². The fourth-order valence-electron chi connectivity index (χ4n) is 4.03. The van der Waals surface area contributed by atoms with Gasteiger partial charge in [0.1, 0.15) is 12.9 Å². The Morgan fingerprint density at radius 3 is 2.72 bits per heavy atom. The second-order valence-electron chi connectivity index (χ2n) is 9.46. The number of aryl methyl sites for hydroxylation is 1. The molecule has 0 unspecified atom stereocenters. The molecule has 2 atom stereocenters. The first kappa shape index (κ1) is 22.4. The van der Waals surface area contributed by atoms with Gasteiger partial charge in [0.2, 0.25) is 0 Å². The lowest BCUT2D eigenvalue weighted by atomic mass is 9.85. The molecule has 0 bridgehead atoms. The molecule has 29 heavy (non-hydrogen) atoms. The number of piperidine rings is 1. The summed E-state index contributed by atoms with van der Waals surface area (Å²) in [6, 6.07) is 5.42. The minimum Gasteiger partial charge on any atom is -0.383 e. The summed E-state index contributed by atoms with van der Waals surface area (Å²) >= 11 is 0. The molecule has 0 aliphatic carbocycles. The van der Waals surface area contributed by atoms with Gasteiger partial charge < -0.3 is 9.47 Å². The van der Waals surface area contributed by atoms with Gasteiger partial charge in [0.15, 0.2) is 0 Å². The van der Waals surface area contributed by atoms with Gasteiger partial charge >= 0.3 is 0 Å². The van der Waals surface area contributed by atoms with Gasteiger partial charge in [0.05, 0.1) is 18.3 Å². The van der Waals surface area contributed by atoms with Crippen LogP contribution >= 0.6 is 0 Å². The van der Waals surface area contributed by atoms with Crippen LogP contribution in [0.25, 0.3) is 10.9 Å². The van der Waals surface area contributed by atoms with Gasteiger partial charge in [-0.05, 0) is 49.2 Å². The number of ether oxygens (including phenoxy) is 2. The monoisotopic (exact) mass is 421 g/mol.